The number of nitrogens with one attached hydrogen (secondary N) is 2. The van der Waals surface area contributed by atoms with E-state index in [1.165, 1.54) is 18.2 Å². The van der Waals surface area contributed by atoms with Crippen LogP contribution in [0.5, 0.6) is 0 Å². The lowest BCUT2D eigenvalue weighted by atomic mass is 9.92. The number of benzene rings is 2. The Morgan fingerprint density at radius 1 is 1.03 bits per heavy atom. The zero-order valence-electron chi connectivity index (χ0n) is 19.2. The monoisotopic (exact) mass is 553 g/mol. The lowest BCUT2D eigenvalue weighted by Gasteiger charge is -2.32. The Balaban J connectivity index is 1.94. The van der Waals surface area contributed by atoms with Crippen molar-refractivity contribution in [3.8, 4) is 0 Å². The summed E-state index contributed by atoms with van der Waals surface area (Å²) in [6, 6.07) is 4.22. The molecule has 0 spiro atoms. The summed E-state index contributed by atoms with van der Waals surface area (Å²) in [5.74, 6) is -0.855. The van der Waals surface area contributed by atoms with Crippen LogP contribution in [0, 0.1) is 0 Å². The lowest BCUT2D eigenvalue weighted by Crippen LogP contribution is -2.53. The largest absolute Gasteiger partial charge is 0.430 e. The fourth-order valence-electron chi connectivity index (χ4n) is 3.88. The number of nitrogens with zero attached hydrogens (tertiary/aromatic N) is 1. The van der Waals surface area contributed by atoms with Crippen molar-refractivity contribution in [2.75, 3.05) is 18.1 Å². The molecule has 3 N–H and O–H groups in total. The molecule has 0 radical (unpaired) electrons. The van der Waals surface area contributed by atoms with Gasteiger partial charge in [0.15, 0.2) is 9.84 Å². The second-order valence-corrected chi connectivity index (χ2v) is 10.3. The highest BCUT2D eigenvalue weighted by atomic mass is 32.2. The van der Waals surface area contributed by atoms with Crippen LogP contribution in [0.15, 0.2) is 47.4 Å². The van der Waals surface area contributed by atoms with Crippen molar-refractivity contribution in [2.24, 2.45) is 0 Å². The van der Waals surface area contributed by atoms with Crippen LogP contribution in [0.4, 0.5) is 36.8 Å². The maximum absolute atomic E-state index is 13.1. The Bertz CT molecular complexity index is 1300. The SMILES string of the molecule is CCNC(=O)N1Cc2cc(S(C)(=O)=O)ccc2C1C(=O)Nc1ccc(C(O)(C(F)(F)F)C(F)(F)F)cc1. The topological polar surface area (TPSA) is 116 Å². The van der Waals surface area contributed by atoms with Crippen LogP contribution in [0.25, 0.3) is 0 Å². The molecule has 3 rings (SSSR count). The summed E-state index contributed by atoms with van der Waals surface area (Å²) in [4.78, 5) is 26.8. The molecule has 1 aliphatic heterocycles. The molecule has 1 unspecified atom stereocenters. The van der Waals surface area contributed by atoms with Crippen LogP contribution in [0.3, 0.4) is 0 Å². The van der Waals surface area contributed by atoms with E-state index in [1.807, 2.05) is 0 Å². The van der Waals surface area contributed by atoms with Gasteiger partial charge in [-0.05, 0) is 42.3 Å². The minimum absolute atomic E-state index is 0.0411. The van der Waals surface area contributed by atoms with Gasteiger partial charge in [-0.1, -0.05) is 18.2 Å². The molecule has 0 saturated carbocycles. The highest BCUT2D eigenvalue weighted by Crippen LogP contribution is 2.50. The van der Waals surface area contributed by atoms with Crippen molar-refractivity contribution in [2.45, 2.75) is 42.4 Å². The van der Waals surface area contributed by atoms with Gasteiger partial charge < -0.3 is 20.6 Å². The van der Waals surface area contributed by atoms with E-state index in [2.05, 4.69) is 10.6 Å². The molecular weight excluding hydrogens is 532 g/mol. The van der Waals surface area contributed by atoms with E-state index in [0.717, 1.165) is 23.3 Å². The molecule has 0 aromatic heterocycles. The molecule has 202 valence electrons. The van der Waals surface area contributed by atoms with Gasteiger partial charge >= 0.3 is 18.4 Å². The number of hydrogen-bond acceptors (Lipinski definition) is 5. The van der Waals surface area contributed by atoms with Gasteiger partial charge in [0.1, 0.15) is 6.04 Å². The van der Waals surface area contributed by atoms with Gasteiger partial charge in [0.05, 0.1) is 4.90 Å². The van der Waals surface area contributed by atoms with Crippen LogP contribution < -0.4 is 10.6 Å². The number of alkyl halides is 6. The van der Waals surface area contributed by atoms with Gasteiger partial charge in [0, 0.05) is 30.6 Å². The first kappa shape index (κ1) is 28.2. The predicted molar refractivity (Wildman–Crippen MR) is 118 cm³/mol. The fraction of sp³-hybridized carbons (Fsp3) is 0.364. The van der Waals surface area contributed by atoms with Crippen LogP contribution in [-0.2, 0) is 26.8 Å². The average molecular weight is 553 g/mol. The Morgan fingerprint density at radius 3 is 2.08 bits per heavy atom. The standard InChI is InChI=1S/C22H21F6N3O5S/c1-3-29-19(33)31-11-12-10-15(37(2,35)36)8-9-16(12)17(31)18(32)30-14-6-4-13(5-7-14)20(34,21(23,24)25)22(26,27)28/h4-10,17,34H,3,11H2,1-2H3,(H,29,33)(H,30,32). The predicted octanol–water partition coefficient (Wildman–Crippen LogP) is 3.63. The van der Waals surface area contributed by atoms with Gasteiger partial charge in [-0.3, -0.25) is 4.79 Å². The summed E-state index contributed by atoms with van der Waals surface area (Å²) in [6.45, 7) is 1.70. The summed E-state index contributed by atoms with van der Waals surface area (Å²) in [6.07, 6.45) is -11.2. The second-order valence-electron chi connectivity index (χ2n) is 8.27. The highest BCUT2D eigenvalue weighted by molar-refractivity contribution is 7.90. The summed E-state index contributed by atoms with van der Waals surface area (Å²) in [5.41, 5.74) is -6.19. The van der Waals surface area contributed by atoms with Crippen LogP contribution >= 0.6 is 0 Å². The van der Waals surface area contributed by atoms with Crippen molar-refractivity contribution < 1.29 is 49.5 Å². The maximum Gasteiger partial charge on any atom is 0.430 e. The summed E-state index contributed by atoms with van der Waals surface area (Å²) < 4.78 is 102. The number of urea groups is 1. The third kappa shape index (κ3) is 5.23. The molecule has 1 aliphatic rings. The number of carbonyl (C=O) groups excluding carboxylic acids is 2. The fourth-order valence-corrected chi connectivity index (χ4v) is 4.55. The Labute approximate surface area is 207 Å². The lowest BCUT2D eigenvalue weighted by molar-refractivity contribution is -0.376. The Hall–Kier alpha value is -3.33. The molecule has 1 atom stereocenters. The van der Waals surface area contributed by atoms with E-state index in [1.54, 1.807) is 6.92 Å². The first-order valence-electron chi connectivity index (χ1n) is 10.6. The third-order valence-corrected chi connectivity index (χ3v) is 6.83. The molecule has 1 heterocycles. The van der Waals surface area contributed by atoms with Crippen molar-refractivity contribution in [3.63, 3.8) is 0 Å². The Morgan fingerprint density at radius 2 is 1.59 bits per heavy atom. The highest BCUT2D eigenvalue weighted by Gasteiger charge is 2.71. The normalized spacial score (nSPS) is 16.4. The van der Waals surface area contributed by atoms with Gasteiger partial charge in [0.2, 0.25) is 0 Å². The number of anilines is 1. The van der Waals surface area contributed by atoms with E-state index < -0.39 is 51.3 Å². The van der Waals surface area contributed by atoms with Crippen molar-refractivity contribution in [1.29, 1.82) is 0 Å². The number of hydrogen-bond donors (Lipinski definition) is 3. The van der Waals surface area contributed by atoms with E-state index in [-0.39, 0.29) is 29.2 Å². The number of fused-ring (bicyclic) bond motifs is 1. The summed E-state index contributed by atoms with van der Waals surface area (Å²) >= 11 is 0. The van der Waals surface area contributed by atoms with Gasteiger partial charge in [-0.2, -0.15) is 26.3 Å². The number of sulfone groups is 1. The quantitative estimate of drug-likeness (QED) is 0.490. The summed E-state index contributed by atoms with van der Waals surface area (Å²) in [5, 5.41) is 14.4. The van der Waals surface area contributed by atoms with Gasteiger partial charge in [0.25, 0.3) is 11.5 Å². The van der Waals surface area contributed by atoms with E-state index in [9.17, 15) is 49.5 Å². The first-order chi connectivity index (χ1) is 16.9. The van der Waals surface area contributed by atoms with Gasteiger partial charge in [-0.15, -0.1) is 0 Å². The molecule has 8 nitrogen and oxygen atoms in total. The summed E-state index contributed by atoms with van der Waals surface area (Å²) in [7, 11) is -3.60. The van der Waals surface area contributed by atoms with Crippen LogP contribution in [0.2, 0.25) is 0 Å². The Kier molecular flexibility index (Phi) is 7.27. The minimum atomic E-state index is -6.07. The first-order valence-corrected chi connectivity index (χ1v) is 12.5. The smallest absolute Gasteiger partial charge is 0.369 e. The number of carbonyl (C=O) groups is 2. The molecule has 37 heavy (non-hydrogen) atoms. The minimum Gasteiger partial charge on any atom is -0.369 e. The number of aliphatic hydroxyl groups is 1. The molecule has 3 amide bonds. The van der Waals surface area contributed by atoms with Crippen molar-refractivity contribution >= 4 is 27.5 Å². The van der Waals surface area contributed by atoms with Crippen LogP contribution in [0.1, 0.15) is 29.7 Å². The van der Waals surface area contributed by atoms with Gasteiger partial charge in [-0.25, -0.2) is 13.2 Å². The molecule has 2 aromatic rings. The number of rotatable bonds is 5. The maximum atomic E-state index is 13.1. The average Bonchev–Trinajstić information content (AvgIpc) is 3.16. The van der Waals surface area contributed by atoms with Crippen molar-refractivity contribution in [3.05, 3.63) is 59.2 Å². The zero-order valence-corrected chi connectivity index (χ0v) is 20.1. The van der Waals surface area contributed by atoms with Crippen LogP contribution in [-0.4, -0.2) is 55.5 Å². The van der Waals surface area contributed by atoms with E-state index in [0.29, 0.717) is 17.7 Å². The zero-order chi connectivity index (χ0) is 28.0. The third-order valence-electron chi connectivity index (χ3n) is 5.72. The molecular formula is C22H21F6N3O5S. The molecule has 0 fully saturated rings. The number of halogens is 6. The molecule has 2 aromatic carbocycles. The molecule has 15 heteroatoms. The van der Waals surface area contributed by atoms with E-state index in [4.69, 9.17) is 0 Å². The second kappa shape index (κ2) is 9.52. The molecule has 0 bridgehead atoms. The molecule has 0 saturated heterocycles. The van der Waals surface area contributed by atoms with Crippen molar-refractivity contribution in [1.82, 2.24) is 10.2 Å². The number of amides is 3. The van der Waals surface area contributed by atoms with E-state index >= 15 is 0 Å². The molecule has 0 aliphatic carbocycles.